The van der Waals surface area contributed by atoms with Gasteiger partial charge in [0, 0.05) is 6.07 Å². The maximum atomic E-state index is 5.54. The summed E-state index contributed by atoms with van der Waals surface area (Å²) >= 11 is 0. The molecule has 1 unspecified atom stereocenters. The van der Waals surface area contributed by atoms with Crippen molar-refractivity contribution in [2.75, 3.05) is 7.11 Å². The van der Waals surface area contributed by atoms with E-state index in [2.05, 4.69) is 15.9 Å². The molecule has 4 nitrogen and oxygen atoms in total. The molecule has 4 heteroatoms. The lowest BCUT2D eigenvalue weighted by molar-refractivity contribution is 0.395. The number of nitrogens with zero attached hydrogens (tertiary/aromatic N) is 2. The molecule has 62 valence electrons. The predicted octanol–water partition coefficient (Wildman–Crippen LogP) is 0.118. The maximum Gasteiger partial charge on any atom is 0.216 e. The molecule has 0 aromatic carbocycles. The highest BCUT2D eigenvalue weighted by Crippen LogP contribution is 2.10. The number of hydrogen-bond donors (Lipinski definition) is 1. The first-order valence-electron chi connectivity index (χ1n) is 3.35. The topological polar surface area (TPSA) is 61.0 Å². The van der Waals surface area contributed by atoms with Gasteiger partial charge < -0.3 is 10.5 Å². The van der Waals surface area contributed by atoms with Gasteiger partial charge in [-0.15, -0.1) is 6.42 Å². The molecule has 0 amide bonds. The van der Waals surface area contributed by atoms with Crippen molar-refractivity contribution in [2.24, 2.45) is 5.73 Å². The zero-order valence-electron chi connectivity index (χ0n) is 6.69. The number of ether oxygens (including phenoxy) is 1. The SMILES string of the molecule is C#CC(N)c1cc(OC)ncn1. The lowest BCUT2D eigenvalue weighted by Crippen LogP contribution is -2.09. The zero-order chi connectivity index (χ0) is 8.97. The highest BCUT2D eigenvalue weighted by Gasteiger charge is 2.04. The molecule has 1 rings (SSSR count). The molecule has 0 saturated heterocycles. The lowest BCUT2D eigenvalue weighted by atomic mass is 10.2. The molecule has 0 fully saturated rings. The molecule has 0 aliphatic heterocycles. The Morgan fingerprint density at radius 2 is 2.42 bits per heavy atom. The van der Waals surface area contributed by atoms with Crippen LogP contribution in [0, 0.1) is 12.3 Å². The van der Waals surface area contributed by atoms with Crippen LogP contribution in [0.25, 0.3) is 0 Å². The molecular formula is C8H9N3O. The van der Waals surface area contributed by atoms with Crippen molar-refractivity contribution < 1.29 is 4.74 Å². The average Bonchev–Trinajstić information content (AvgIpc) is 2.17. The second kappa shape index (κ2) is 3.69. The summed E-state index contributed by atoms with van der Waals surface area (Å²) in [5.74, 6) is 2.83. The minimum atomic E-state index is -0.498. The molecule has 12 heavy (non-hydrogen) atoms. The van der Waals surface area contributed by atoms with Crippen LogP contribution < -0.4 is 10.5 Å². The molecule has 1 aromatic rings. The van der Waals surface area contributed by atoms with Crippen molar-refractivity contribution >= 4 is 0 Å². The summed E-state index contributed by atoms with van der Waals surface area (Å²) in [5.41, 5.74) is 6.12. The fourth-order valence-electron chi connectivity index (χ4n) is 0.721. The van der Waals surface area contributed by atoms with Gasteiger partial charge in [0.25, 0.3) is 0 Å². The maximum absolute atomic E-state index is 5.54. The molecule has 0 radical (unpaired) electrons. The number of aromatic nitrogens is 2. The van der Waals surface area contributed by atoms with Crippen molar-refractivity contribution in [3.63, 3.8) is 0 Å². The summed E-state index contributed by atoms with van der Waals surface area (Å²) in [5, 5.41) is 0. The predicted molar refractivity (Wildman–Crippen MR) is 44.3 cm³/mol. The largest absolute Gasteiger partial charge is 0.481 e. The summed E-state index contributed by atoms with van der Waals surface area (Å²) in [6, 6.07) is 1.12. The van der Waals surface area contributed by atoms with E-state index in [1.165, 1.54) is 13.4 Å². The Hall–Kier alpha value is -1.60. The van der Waals surface area contributed by atoms with Crippen LogP contribution in [0.4, 0.5) is 0 Å². The standard InChI is InChI=1S/C8H9N3O/c1-3-6(9)7-4-8(12-2)11-5-10-7/h1,4-6H,9H2,2H3. The lowest BCUT2D eigenvalue weighted by Gasteiger charge is -2.03. The third kappa shape index (κ3) is 1.71. The third-order valence-electron chi connectivity index (χ3n) is 1.37. The van der Waals surface area contributed by atoms with Crippen molar-refractivity contribution in [3.8, 4) is 18.2 Å². The van der Waals surface area contributed by atoms with E-state index >= 15 is 0 Å². The molecule has 0 aliphatic rings. The Labute approximate surface area is 70.8 Å². The first kappa shape index (κ1) is 8.50. The van der Waals surface area contributed by atoms with Crippen LogP contribution >= 0.6 is 0 Å². The number of hydrogen-bond acceptors (Lipinski definition) is 4. The fourth-order valence-corrected chi connectivity index (χ4v) is 0.721. The van der Waals surface area contributed by atoms with Crippen LogP contribution in [-0.2, 0) is 0 Å². The van der Waals surface area contributed by atoms with Gasteiger partial charge >= 0.3 is 0 Å². The van der Waals surface area contributed by atoms with Crippen LogP contribution in [0.2, 0.25) is 0 Å². The first-order valence-corrected chi connectivity index (χ1v) is 3.35. The van der Waals surface area contributed by atoms with E-state index in [-0.39, 0.29) is 0 Å². The molecule has 2 N–H and O–H groups in total. The minimum Gasteiger partial charge on any atom is -0.481 e. The molecule has 0 saturated carbocycles. The molecule has 0 aliphatic carbocycles. The summed E-state index contributed by atoms with van der Waals surface area (Å²) < 4.78 is 4.87. The first-order chi connectivity index (χ1) is 5.77. The van der Waals surface area contributed by atoms with Crippen molar-refractivity contribution in [2.45, 2.75) is 6.04 Å². The molecular weight excluding hydrogens is 154 g/mol. The summed E-state index contributed by atoms with van der Waals surface area (Å²) in [7, 11) is 1.52. The van der Waals surface area contributed by atoms with Crippen LogP contribution in [0.3, 0.4) is 0 Å². The van der Waals surface area contributed by atoms with E-state index in [9.17, 15) is 0 Å². The Morgan fingerprint density at radius 3 is 3.00 bits per heavy atom. The van der Waals surface area contributed by atoms with Gasteiger partial charge in [0.2, 0.25) is 5.88 Å². The number of terminal acetylenes is 1. The molecule has 1 aromatic heterocycles. The van der Waals surface area contributed by atoms with Gasteiger partial charge in [-0.25, -0.2) is 9.97 Å². The highest BCUT2D eigenvalue weighted by atomic mass is 16.5. The van der Waals surface area contributed by atoms with Crippen molar-refractivity contribution in [3.05, 3.63) is 18.1 Å². The fraction of sp³-hybridized carbons (Fsp3) is 0.250. The van der Waals surface area contributed by atoms with Gasteiger partial charge in [0.15, 0.2) is 0 Å². The molecule has 0 spiro atoms. The minimum absolute atomic E-state index is 0.464. The van der Waals surface area contributed by atoms with Gasteiger partial charge in [0.1, 0.15) is 12.4 Å². The van der Waals surface area contributed by atoms with Gasteiger partial charge in [-0.05, 0) is 0 Å². The van der Waals surface area contributed by atoms with Gasteiger partial charge in [-0.1, -0.05) is 5.92 Å². The van der Waals surface area contributed by atoms with Crippen LogP contribution in [0.1, 0.15) is 11.7 Å². The number of methoxy groups -OCH3 is 1. The smallest absolute Gasteiger partial charge is 0.216 e. The summed E-state index contributed by atoms with van der Waals surface area (Å²) in [6.45, 7) is 0. The van der Waals surface area contributed by atoms with E-state index < -0.39 is 6.04 Å². The van der Waals surface area contributed by atoms with Gasteiger partial charge in [-0.3, -0.25) is 0 Å². The van der Waals surface area contributed by atoms with Gasteiger partial charge in [-0.2, -0.15) is 0 Å². The van der Waals surface area contributed by atoms with E-state index in [0.29, 0.717) is 11.6 Å². The quantitative estimate of drug-likeness (QED) is 0.629. The monoisotopic (exact) mass is 163 g/mol. The average molecular weight is 163 g/mol. The summed E-state index contributed by atoms with van der Waals surface area (Å²) in [6.07, 6.45) is 6.49. The highest BCUT2D eigenvalue weighted by molar-refractivity contribution is 5.21. The van der Waals surface area contributed by atoms with Crippen LogP contribution in [0.5, 0.6) is 5.88 Å². The zero-order valence-corrected chi connectivity index (χ0v) is 6.69. The Balaban J connectivity index is 2.95. The van der Waals surface area contributed by atoms with E-state index in [0.717, 1.165) is 0 Å². The second-order valence-corrected chi connectivity index (χ2v) is 2.13. The summed E-state index contributed by atoms with van der Waals surface area (Å²) in [4.78, 5) is 7.72. The van der Waals surface area contributed by atoms with Gasteiger partial charge in [0.05, 0.1) is 12.8 Å². The number of rotatable bonds is 2. The number of nitrogens with two attached hydrogens (primary N) is 1. The van der Waals surface area contributed by atoms with E-state index in [4.69, 9.17) is 16.9 Å². The van der Waals surface area contributed by atoms with Crippen LogP contribution in [-0.4, -0.2) is 17.1 Å². The van der Waals surface area contributed by atoms with Crippen molar-refractivity contribution in [1.82, 2.24) is 9.97 Å². The molecule has 0 bridgehead atoms. The van der Waals surface area contributed by atoms with E-state index in [1.54, 1.807) is 6.07 Å². The second-order valence-electron chi connectivity index (χ2n) is 2.13. The van der Waals surface area contributed by atoms with Crippen molar-refractivity contribution in [1.29, 1.82) is 0 Å². The third-order valence-corrected chi connectivity index (χ3v) is 1.37. The molecule has 1 atom stereocenters. The van der Waals surface area contributed by atoms with E-state index in [1.807, 2.05) is 0 Å². The van der Waals surface area contributed by atoms with Crippen LogP contribution in [0.15, 0.2) is 12.4 Å². The molecule has 1 heterocycles. The normalized spacial score (nSPS) is 11.8. The Morgan fingerprint density at radius 1 is 1.67 bits per heavy atom. The Bertz CT molecular complexity index is 305. The Kier molecular flexibility index (Phi) is 2.62.